The molecular weight excluding hydrogens is 238 g/mol. The Morgan fingerprint density at radius 1 is 1.24 bits per heavy atom. The largest absolute Gasteiger partial charge is 0.491 e. The molecule has 0 bridgehead atoms. The van der Waals surface area contributed by atoms with Gasteiger partial charge in [-0.25, -0.2) is 0 Å². The van der Waals surface area contributed by atoms with E-state index in [9.17, 15) is 5.11 Å². The molecule has 3 nitrogen and oxygen atoms in total. The molecule has 0 aliphatic carbocycles. The Kier molecular flexibility index (Phi) is 7.19. The molecule has 17 heavy (non-hydrogen) atoms. The van der Waals surface area contributed by atoms with Crippen molar-refractivity contribution in [3.05, 3.63) is 29.8 Å². The number of ether oxygens (including phenoxy) is 1. The molecule has 0 saturated carbocycles. The van der Waals surface area contributed by atoms with Crippen molar-refractivity contribution in [2.24, 2.45) is 5.73 Å². The Hall–Kier alpha value is -0.770. The summed E-state index contributed by atoms with van der Waals surface area (Å²) in [5.41, 5.74) is 6.85. The van der Waals surface area contributed by atoms with Crippen LogP contribution in [0.5, 0.6) is 5.75 Å². The van der Waals surface area contributed by atoms with Crippen molar-refractivity contribution in [3.8, 4) is 5.75 Å². The van der Waals surface area contributed by atoms with Gasteiger partial charge in [-0.3, -0.25) is 0 Å². The van der Waals surface area contributed by atoms with Gasteiger partial charge in [0.25, 0.3) is 0 Å². The Labute approximate surface area is 109 Å². The molecule has 0 aliphatic heterocycles. The van der Waals surface area contributed by atoms with E-state index < -0.39 is 6.10 Å². The second-order valence-electron chi connectivity index (χ2n) is 4.24. The van der Waals surface area contributed by atoms with Crippen molar-refractivity contribution in [3.63, 3.8) is 0 Å². The monoisotopic (exact) mass is 259 g/mol. The molecule has 98 valence electrons. The zero-order valence-electron chi connectivity index (χ0n) is 10.6. The van der Waals surface area contributed by atoms with Gasteiger partial charge < -0.3 is 15.6 Å². The molecule has 0 spiro atoms. The van der Waals surface area contributed by atoms with Crippen molar-refractivity contribution >= 4 is 12.4 Å². The summed E-state index contributed by atoms with van der Waals surface area (Å²) in [6, 6.07) is 7.26. The highest BCUT2D eigenvalue weighted by atomic mass is 35.5. The Morgan fingerprint density at radius 3 is 2.18 bits per heavy atom. The van der Waals surface area contributed by atoms with Gasteiger partial charge in [0.05, 0.1) is 18.2 Å². The summed E-state index contributed by atoms with van der Waals surface area (Å²) in [7, 11) is 0. The summed E-state index contributed by atoms with van der Waals surface area (Å²) in [6.45, 7) is 5.89. The minimum atomic E-state index is -0.489. The normalized spacial score (nSPS) is 14.0. The summed E-state index contributed by atoms with van der Waals surface area (Å²) in [5.74, 6) is 0.830. The molecule has 0 fully saturated rings. The van der Waals surface area contributed by atoms with E-state index in [-0.39, 0.29) is 24.6 Å². The number of hydrogen-bond donors (Lipinski definition) is 2. The number of halogens is 1. The maximum Gasteiger partial charge on any atom is 0.119 e. The molecule has 1 aromatic rings. The van der Waals surface area contributed by atoms with Gasteiger partial charge in [-0.2, -0.15) is 0 Å². The molecule has 0 aromatic heterocycles. The SMILES string of the molecule is CCC(O)C(N)c1ccc(OC(C)C)cc1.Cl. The van der Waals surface area contributed by atoms with Crippen LogP contribution in [-0.2, 0) is 0 Å². The van der Waals surface area contributed by atoms with Crippen LogP contribution in [0, 0.1) is 0 Å². The lowest BCUT2D eigenvalue weighted by molar-refractivity contribution is 0.140. The first-order chi connectivity index (χ1) is 7.54. The van der Waals surface area contributed by atoms with E-state index in [0.29, 0.717) is 6.42 Å². The minimum Gasteiger partial charge on any atom is -0.491 e. The molecule has 1 rings (SSSR count). The number of benzene rings is 1. The van der Waals surface area contributed by atoms with Gasteiger partial charge in [-0.15, -0.1) is 12.4 Å². The fourth-order valence-corrected chi connectivity index (χ4v) is 1.52. The molecular formula is C13H22ClNO2. The van der Waals surface area contributed by atoms with Crippen LogP contribution in [0.2, 0.25) is 0 Å². The van der Waals surface area contributed by atoms with Gasteiger partial charge in [-0.05, 0) is 38.0 Å². The summed E-state index contributed by atoms with van der Waals surface area (Å²) >= 11 is 0. The molecule has 0 saturated heterocycles. The number of aliphatic hydroxyl groups excluding tert-OH is 1. The first-order valence-corrected chi connectivity index (χ1v) is 5.74. The number of rotatable bonds is 5. The highest BCUT2D eigenvalue weighted by Gasteiger charge is 2.14. The van der Waals surface area contributed by atoms with E-state index in [1.54, 1.807) is 0 Å². The first kappa shape index (κ1) is 16.2. The molecule has 3 N–H and O–H groups in total. The van der Waals surface area contributed by atoms with Gasteiger partial charge >= 0.3 is 0 Å². The third-order valence-corrected chi connectivity index (χ3v) is 2.47. The number of nitrogens with two attached hydrogens (primary N) is 1. The molecule has 4 heteroatoms. The van der Waals surface area contributed by atoms with E-state index >= 15 is 0 Å². The molecule has 0 aliphatic rings. The molecule has 2 atom stereocenters. The average molecular weight is 260 g/mol. The maximum absolute atomic E-state index is 9.64. The fourth-order valence-electron chi connectivity index (χ4n) is 1.52. The molecule has 0 radical (unpaired) electrons. The Morgan fingerprint density at radius 2 is 1.76 bits per heavy atom. The van der Waals surface area contributed by atoms with Gasteiger partial charge in [0.1, 0.15) is 5.75 Å². The zero-order valence-corrected chi connectivity index (χ0v) is 11.4. The maximum atomic E-state index is 9.64. The Bertz CT molecular complexity index is 314. The van der Waals surface area contributed by atoms with E-state index in [0.717, 1.165) is 11.3 Å². The summed E-state index contributed by atoms with van der Waals surface area (Å²) in [5, 5.41) is 9.64. The average Bonchev–Trinajstić information content (AvgIpc) is 2.27. The lowest BCUT2D eigenvalue weighted by Crippen LogP contribution is -2.25. The number of hydrogen-bond acceptors (Lipinski definition) is 3. The van der Waals surface area contributed by atoms with E-state index in [1.165, 1.54) is 0 Å². The van der Waals surface area contributed by atoms with Gasteiger partial charge in [0.2, 0.25) is 0 Å². The smallest absolute Gasteiger partial charge is 0.119 e. The topological polar surface area (TPSA) is 55.5 Å². The summed E-state index contributed by atoms with van der Waals surface area (Å²) < 4.78 is 5.53. The van der Waals surface area contributed by atoms with Crippen LogP contribution in [0.1, 0.15) is 38.8 Å². The van der Waals surface area contributed by atoms with Crippen LogP contribution in [0.15, 0.2) is 24.3 Å². The quantitative estimate of drug-likeness (QED) is 0.855. The molecule has 0 heterocycles. The fraction of sp³-hybridized carbons (Fsp3) is 0.538. The molecule has 1 aromatic carbocycles. The highest BCUT2D eigenvalue weighted by Crippen LogP contribution is 2.20. The predicted molar refractivity (Wildman–Crippen MR) is 72.7 cm³/mol. The van der Waals surface area contributed by atoms with E-state index in [2.05, 4.69) is 0 Å². The first-order valence-electron chi connectivity index (χ1n) is 5.74. The second kappa shape index (κ2) is 7.54. The van der Waals surface area contributed by atoms with Crippen molar-refractivity contribution in [1.82, 2.24) is 0 Å². The van der Waals surface area contributed by atoms with Gasteiger partial charge in [-0.1, -0.05) is 19.1 Å². The van der Waals surface area contributed by atoms with Crippen LogP contribution < -0.4 is 10.5 Å². The predicted octanol–water partition coefficient (Wildman–Crippen LogP) is 2.67. The number of aliphatic hydroxyl groups is 1. The summed E-state index contributed by atoms with van der Waals surface area (Å²) in [4.78, 5) is 0. The summed E-state index contributed by atoms with van der Waals surface area (Å²) in [6.07, 6.45) is 0.337. The van der Waals surface area contributed by atoms with Crippen molar-refractivity contribution in [1.29, 1.82) is 0 Å². The standard InChI is InChI=1S/C13H21NO2.ClH/c1-4-12(15)13(14)10-5-7-11(8-6-10)16-9(2)3;/h5-9,12-13,15H,4,14H2,1-3H3;1H. The minimum absolute atomic E-state index is 0. The van der Waals surface area contributed by atoms with Gasteiger partial charge in [0.15, 0.2) is 0 Å². The van der Waals surface area contributed by atoms with E-state index in [4.69, 9.17) is 10.5 Å². The second-order valence-corrected chi connectivity index (χ2v) is 4.24. The van der Waals surface area contributed by atoms with Crippen LogP contribution in [0.25, 0.3) is 0 Å². The van der Waals surface area contributed by atoms with Crippen molar-refractivity contribution in [2.45, 2.75) is 45.4 Å². The van der Waals surface area contributed by atoms with Crippen LogP contribution in [0.4, 0.5) is 0 Å². The Balaban J connectivity index is 0.00000256. The van der Waals surface area contributed by atoms with Crippen molar-refractivity contribution < 1.29 is 9.84 Å². The van der Waals surface area contributed by atoms with Gasteiger partial charge in [0, 0.05) is 0 Å². The third-order valence-electron chi connectivity index (χ3n) is 2.47. The third kappa shape index (κ3) is 4.94. The van der Waals surface area contributed by atoms with Crippen LogP contribution in [-0.4, -0.2) is 17.3 Å². The highest BCUT2D eigenvalue weighted by molar-refractivity contribution is 5.85. The lowest BCUT2D eigenvalue weighted by atomic mass is 10.0. The van der Waals surface area contributed by atoms with E-state index in [1.807, 2.05) is 45.0 Å². The zero-order chi connectivity index (χ0) is 12.1. The van der Waals surface area contributed by atoms with Crippen molar-refractivity contribution in [2.75, 3.05) is 0 Å². The lowest BCUT2D eigenvalue weighted by Gasteiger charge is -2.18. The van der Waals surface area contributed by atoms with Crippen LogP contribution in [0.3, 0.4) is 0 Å². The molecule has 0 amide bonds. The van der Waals surface area contributed by atoms with Crippen LogP contribution >= 0.6 is 12.4 Å². The molecule has 2 unspecified atom stereocenters.